The third kappa shape index (κ3) is 5.55. The van der Waals surface area contributed by atoms with Crippen molar-refractivity contribution in [3.63, 3.8) is 0 Å². The molecule has 0 spiro atoms. The molecule has 2 heterocycles. The first kappa shape index (κ1) is 24.2. The number of aliphatic hydroxyl groups is 1. The number of aromatic nitrogens is 1. The van der Waals surface area contributed by atoms with Crippen LogP contribution in [-0.4, -0.2) is 20.2 Å². The van der Waals surface area contributed by atoms with Crippen LogP contribution in [0.5, 0.6) is 0 Å². The summed E-state index contributed by atoms with van der Waals surface area (Å²) in [6, 6.07) is 3.35. The Morgan fingerprint density at radius 2 is 1.97 bits per heavy atom. The molecule has 1 atom stereocenters. The molecule has 0 aliphatic carbocycles. The number of carbonyl (C=O) groups is 1. The molecule has 2 aromatic heterocycles. The predicted molar refractivity (Wildman–Crippen MR) is 122 cm³/mol. The molecule has 3 N–H and O–H groups in total. The van der Waals surface area contributed by atoms with Gasteiger partial charge in [0.1, 0.15) is 9.90 Å². The van der Waals surface area contributed by atoms with Crippen molar-refractivity contribution >= 4 is 27.2 Å². The lowest BCUT2D eigenvalue weighted by Gasteiger charge is -2.18. The Balaban J connectivity index is 2.48. The molecule has 0 fully saturated rings. The summed E-state index contributed by atoms with van der Waals surface area (Å²) in [5.74, 6) is 2.15. The van der Waals surface area contributed by atoms with Gasteiger partial charge in [0.15, 0.2) is 9.92 Å². The van der Waals surface area contributed by atoms with Gasteiger partial charge >= 0.3 is 0 Å². The van der Waals surface area contributed by atoms with Crippen molar-refractivity contribution in [3.05, 3.63) is 45.6 Å². The van der Waals surface area contributed by atoms with E-state index in [0.29, 0.717) is 11.3 Å². The monoisotopic (exact) mass is 447 g/mol. The summed E-state index contributed by atoms with van der Waals surface area (Å²) in [5, 5.41) is 17.7. The second-order valence-corrected chi connectivity index (χ2v) is 11.3. The Bertz CT molecular complexity index is 1080. The Labute approximate surface area is 183 Å². The van der Waals surface area contributed by atoms with Crippen LogP contribution in [0.25, 0.3) is 0 Å². The summed E-state index contributed by atoms with van der Waals surface area (Å²) in [5.41, 5.74) is 2.41. The number of pyridine rings is 1. The van der Waals surface area contributed by atoms with E-state index in [4.69, 9.17) is 11.6 Å². The van der Waals surface area contributed by atoms with Crippen LogP contribution >= 0.6 is 11.3 Å². The number of carbonyl (C=O) groups excluding carboxylic acids is 1. The zero-order valence-corrected chi connectivity index (χ0v) is 19.9. The van der Waals surface area contributed by atoms with Crippen LogP contribution in [0.3, 0.4) is 0 Å². The highest BCUT2D eigenvalue weighted by Gasteiger charge is 2.23. The van der Waals surface area contributed by atoms with Crippen LogP contribution in [-0.2, 0) is 26.7 Å². The van der Waals surface area contributed by atoms with E-state index in [0.717, 1.165) is 28.2 Å². The van der Waals surface area contributed by atoms with Crippen LogP contribution in [0.1, 0.15) is 81.5 Å². The van der Waals surface area contributed by atoms with E-state index < -0.39 is 21.4 Å². The zero-order valence-electron chi connectivity index (χ0n) is 18.2. The summed E-state index contributed by atoms with van der Waals surface area (Å²) >= 11 is 1.11. The largest absolute Gasteiger partial charge is 0.386 e. The minimum atomic E-state index is -3.42. The predicted octanol–water partition coefficient (Wildman–Crippen LogP) is 4.07. The second kappa shape index (κ2) is 8.98. The van der Waals surface area contributed by atoms with Crippen molar-refractivity contribution < 1.29 is 14.1 Å². The van der Waals surface area contributed by atoms with Crippen molar-refractivity contribution in [2.75, 3.05) is 0 Å². The number of terminal acetylenes is 1. The molecule has 0 aliphatic rings. The Morgan fingerprint density at radius 3 is 2.43 bits per heavy atom. The third-order valence-electron chi connectivity index (χ3n) is 4.64. The molecule has 1 amide bonds. The van der Waals surface area contributed by atoms with Gasteiger partial charge in [-0.05, 0) is 59.9 Å². The van der Waals surface area contributed by atoms with Gasteiger partial charge in [0.05, 0.1) is 12.0 Å². The van der Waals surface area contributed by atoms with E-state index in [9.17, 15) is 14.1 Å². The second-order valence-electron chi connectivity index (χ2n) is 8.36. The van der Waals surface area contributed by atoms with Crippen molar-refractivity contribution in [2.45, 2.75) is 69.6 Å². The number of nitrogens with two attached hydrogens (primary N) is 1. The Kier molecular flexibility index (Phi) is 7.25. The maximum atomic E-state index is 12.9. The summed E-state index contributed by atoms with van der Waals surface area (Å²) in [4.78, 5) is 17.3. The minimum Gasteiger partial charge on any atom is -0.386 e. The lowest BCUT2D eigenvalue weighted by Crippen LogP contribution is -2.17. The van der Waals surface area contributed by atoms with Gasteiger partial charge in [-0.2, -0.15) is 0 Å². The molecular weight excluding hydrogens is 418 g/mol. The van der Waals surface area contributed by atoms with Crippen molar-refractivity contribution in [3.8, 4) is 12.3 Å². The number of hydrogen-bond donors (Lipinski definition) is 2. The molecule has 0 aromatic carbocycles. The van der Waals surface area contributed by atoms with Crippen LogP contribution in [0.2, 0.25) is 0 Å². The maximum Gasteiger partial charge on any atom is 0.259 e. The third-order valence-corrected chi connectivity index (χ3v) is 7.54. The summed E-state index contributed by atoms with van der Waals surface area (Å²) in [6.07, 6.45) is 5.49. The smallest absolute Gasteiger partial charge is 0.259 e. The summed E-state index contributed by atoms with van der Waals surface area (Å²) in [7, 11) is -3.42. The van der Waals surface area contributed by atoms with Crippen molar-refractivity contribution in [1.29, 1.82) is 0 Å². The zero-order chi connectivity index (χ0) is 22.9. The van der Waals surface area contributed by atoms with Crippen molar-refractivity contribution in [2.24, 2.45) is 9.50 Å². The molecule has 162 valence electrons. The van der Waals surface area contributed by atoms with E-state index in [1.54, 1.807) is 19.2 Å². The van der Waals surface area contributed by atoms with Crippen molar-refractivity contribution in [1.82, 2.24) is 4.98 Å². The number of hydrogen-bond acceptors (Lipinski definition) is 5. The molecule has 0 saturated carbocycles. The fourth-order valence-electron chi connectivity index (χ4n) is 3.04. The quantitative estimate of drug-likeness (QED) is 0.651. The molecule has 1 unspecified atom stereocenters. The van der Waals surface area contributed by atoms with Gasteiger partial charge in [-0.15, -0.1) is 22.1 Å². The van der Waals surface area contributed by atoms with Gasteiger partial charge < -0.3 is 5.11 Å². The molecule has 0 bridgehead atoms. The van der Waals surface area contributed by atoms with E-state index in [1.807, 2.05) is 33.8 Å². The van der Waals surface area contributed by atoms with E-state index in [1.165, 1.54) is 6.07 Å². The van der Waals surface area contributed by atoms with Gasteiger partial charge in [0.2, 0.25) is 0 Å². The summed E-state index contributed by atoms with van der Waals surface area (Å²) in [6.45, 7) is 11.2. The Morgan fingerprint density at radius 1 is 1.33 bits per heavy atom. The minimum absolute atomic E-state index is 0.0486. The summed E-state index contributed by atoms with van der Waals surface area (Å²) < 4.78 is 17.0. The van der Waals surface area contributed by atoms with Gasteiger partial charge in [-0.25, -0.2) is 14.3 Å². The molecule has 0 aliphatic heterocycles. The van der Waals surface area contributed by atoms with E-state index in [2.05, 4.69) is 15.3 Å². The van der Waals surface area contributed by atoms with Crippen LogP contribution in [0, 0.1) is 12.3 Å². The molecule has 2 aromatic rings. The first-order valence-corrected chi connectivity index (χ1v) is 12.1. The molecule has 30 heavy (non-hydrogen) atoms. The number of rotatable bonds is 6. The van der Waals surface area contributed by atoms with Gasteiger partial charge in [0, 0.05) is 5.69 Å². The highest BCUT2D eigenvalue weighted by Crippen LogP contribution is 2.30. The number of amides is 1. The molecule has 6 nitrogen and oxygen atoms in total. The molecule has 8 heteroatoms. The Hall–Kier alpha value is -2.05. The topological polar surface area (TPSA) is 106 Å². The highest BCUT2D eigenvalue weighted by molar-refractivity contribution is 7.93. The van der Waals surface area contributed by atoms with E-state index in [-0.39, 0.29) is 22.5 Å². The van der Waals surface area contributed by atoms with Crippen LogP contribution in [0.4, 0.5) is 0 Å². The molecule has 0 radical (unpaired) electrons. The first-order valence-electron chi connectivity index (χ1n) is 9.65. The lowest BCUT2D eigenvalue weighted by molar-refractivity contribution is -0.117. The lowest BCUT2D eigenvalue weighted by atomic mass is 9.90. The standard InChI is InChI=1S/C22H29N3O3S2/c1-8-16-10-17(13(2)3)18(21(24-16)14(4)5)11-19(26)25-30(23,28)20-9-15(12-29-20)22(6,7)27/h1,9-10,12-14,27H,11H2,2-7H3,(H2,23,25,26,28). The molecule has 2 rings (SSSR count). The molecular formula is C22H29N3O3S2. The fraction of sp³-hybridized carbons (Fsp3) is 0.455. The van der Waals surface area contributed by atoms with Gasteiger partial charge in [0.25, 0.3) is 5.91 Å². The van der Waals surface area contributed by atoms with E-state index >= 15 is 0 Å². The van der Waals surface area contributed by atoms with Gasteiger partial charge in [-0.1, -0.05) is 33.6 Å². The maximum absolute atomic E-state index is 12.9. The molecule has 0 saturated heterocycles. The first-order chi connectivity index (χ1) is 13.8. The SMILES string of the molecule is C#Cc1cc(C(C)C)c(CC(=O)N=S(N)(=O)c2cc(C(C)(C)O)cs2)c(C(C)C)n1. The number of nitrogens with zero attached hydrogens (tertiary/aromatic N) is 2. The fourth-order valence-corrected chi connectivity index (χ4v) is 5.40. The van der Waals surface area contributed by atoms with Crippen LogP contribution in [0.15, 0.2) is 26.1 Å². The normalized spacial score (nSPS) is 13.9. The van der Waals surface area contributed by atoms with Crippen LogP contribution < -0.4 is 5.14 Å². The average Bonchev–Trinajstić information content (AvgIpc) is 3.12. The average molecular weight is 448 g/mol. The highest BCUT2D eigenvalue weighted by atomic mass is 32.2. The van der Waals surface area contributed by atoms with Gasteiger partial charge in [-0.3, -0.25) is 4.79 Å². The number of thiophene rings is 1.